The standard InChI is InChI=1S/C12H7N3O4S/c1-5-13-14-12(20-5)15-9(16)7-3-2-6(11(18)19)4-8(7)10(15)17/h2-4H,1H3,(H,18,19). The molecule has 20 heavy (non-hydrogen) atoms. The van der Waals surface area contributed by atoms with Crippen LogP contribution in [0.3, 0.4) is 0 Å². The van der Waals surface area contributed by atoms with Gasteiger partial charge in [-0.2, -0.15) is 0 Å². The maximum absolute atomic E-state index is 12.2. The van der Waals surface area contributed by atoms with Crippen molar-refractivity contribution in [2.75, 3.05) is 4.90 Å². The van der Waals surface area contributed by atoms with E-state index in [0.717, 1.165) is 16.2 Å². The smallest absolute Gasteiger partial charge is 0.335 e. The van der Waals surface area contributed by atoms with Crippen LogP contribution in [0.2, 0.25) is 0 Å². The lowest BCUT2D eigenvalue weighted by Crippen LogP contribution is -2.29. The summed E-state index contributed by atoms with van der Waals surface area (Å²) in [4.78, 5) is 36.3. The maximum Gasteiger partial charge on any atom is 0.335 e. The van der Waals surface area contributed by atoms with Crippen molar-refractivity contribution in [2.45, 2.75) is 6.92 Å². The summed E-state index contributed by atoms with van der Waals surface area (Å²) in [6.45, 7) is 1.71. The SMILES string of the molecule is Cc1nnc(N2C(=O)c3ccc(C(=O)O)cc3C2=O)s1. The first-order valence-corrected chi connectivity index (χ1v) is 6.37. The molecule has 0 saturated heterocycles. The van der Waals surface area contributed by atoms with E-state index in [1.807, 2.05) is 0 Å². The van der Waals surface area contributed by atoms with Gasteiger partial charge in [-0.05, 0) is 25.1 Å². The highest BCUT2D eigenvalue weighted by Gasteiger charge is 2.39. The van der Waals surface area contributed by atoms with Gasteiger partial charge in [0.25, 0.3) is 11.8 Å². The van der Waals surface area contributed by atoms with Gasteiger partial charge in [-0.15, -0.1) is 10.2 Å². The summed E-state index contributed by atoms with van der Waals surface area (Å²) in [5, 5.41) is 17.3. The highest BCUT2D eigenvalue weighted by Crippen LogP contribution is 2.30. The van der Waals surface area contributed by atoms with Crippen molar-refractivity contribution in [3.05, 3.63) is 39.9 Å². The van der Waals surface area contributed by atoms with Gasteiger partial charge in [0.05, 0.1) is 16.7 Å². The molecule has 3 rings (SSSR count). The van der Waals surface area contributed by atoms with Gasteiger partial charge in [0, 0.05) is 0 Å². The lowest BCUT2D eigenvalue weighted by atomic mass is 10.1. The van der Waals surface area contributed by atoms with Crippen LogP contribution in [0.15, 0.2) is 18.2 Å². The monoisotopic (exact) mass is 289 g/mol. The molecule has 0 atom stereocenters. The van der Waals surface area contributed by atoms with Crippen LogP contribution < -0.4 is 4.90 Å². The number of aromatic nitrogens is 2. The van der Waals surface area contributed by atoms with E-state index in [4.69, 9.17) is 5.11 Å². The third-order valence-electron chi connectivity index (χ3n) is 2.84. The summed E-state index contributed by atoms with van der Waals surface area (Å²) in [6, 6.07) is 3.83. The largest absolute Gasteiger partial charge is 0.478 e. The molecule has 0 bridgehead atoms. The first-order chi connectivity index (χ1) is 9.49. The molecule has 0 unspecified atom stereocenters. The summed E-state index contributed by atoms with van der Waals surface area (Å²) >= 11 is 1.12. The van der Waals surface area contributed by atoms with E-state index in [2.05, 4.69) is 10.2 Å². The number of carbonyl (C=O) groups excluding carboxylic acids is 2. The predicted molar refractivity (Wildman–Crippen MR) is 69.2 cm³/mol. The molecule has 1 aromatic heterocycles. The number of carboxylic acid groups (broad SMARTS) is 1. The molecule has 1 aromatic carbocycles. The van der Waals surface area contributed by atoms with E-state index in [9.17, 15) is 14.4 Å². The molecule has 0 radical (unpaired) electrons. The highest BCUT2D eigenvalue weighted by molar-refractivity contribution is 7.15. The number of carboxylic acids is 1. The van der Waals surface area contributed by atoms with Crippen molar-refractivity contribution in [3.8, 4) is 0 Å². The highest BCUT2D eigenvalue weighted by atomic mass is 32.1. The molecule has 0 saturated carbocycles. The lowest BCUT2D eigenvalue weighted by molar-refractivity contribution is 0.0696. The molecule has 100 valence electrons. The zero-order valence-corrected chi connectivity index (χ0v) is 11.0. The zero-order chi connectivity index (χ0) is 14.4. The fourth-order valence-electron chi connectivity index (χ4n) is 1.92. The van der Waals surface area contributed by atoms with E-state index in [-0.39, 0.29) is 21.8 Å². The van der Waals surface area contributed by atoms with Crippen LogP contribution in [-0.2, 0) is 0 Å². The average Bonchev–Trinajstić information content (AvgIpc) is 2.93. The normalized spacial score (nSPS) is 13.8. The Bertz CT molecular complexity index is 768. The molecule has 1 aliphatic rings. The van der Waals surface area contributed by atoms with Crippen molar-refractivity contribution in [2.24, 2.45) is 0 Å². The van der Waals surface area contributed by atoms with Crippen molar-refractivity contribution >= 4 is 34.3 Å². The van der Waals surface area contributed by atoms with Gasteiger partial charge in [0.2, 0.25) is 5.13 Å². The second-order valence-corrected chi connectivity index (χ2v) is 5.27. The van der Waals surface area contributed by atoms with Crippen LogP contribution in [0, 0.1) is 6.92 Å². The van der Waals surface area contributed by atoms with E-state index < -0.39 is 17.8 Å². The number of nitrogens with zero attached hydrogens (tertiary/aromatic N) is 3. The van der Waals surface area contributed by atoms with Crippen LogP contribution in [-0.4, -0.2) is 33.1 Å². The van der Waals surface area contributed by atoms with Crippen LogP contribution in [0.1, 0.15) is 36.1 Å². The number of imide groups is 1. The summed E-state index contributed by atoms with van der Waals surface area (Å²) in [5.74, 6) is -2.25. The summed E-state index contributed by atoms with van der Waals surface area (Å²) < 4.78 is 0. The van der Waals surface area contributed by atoms with Crippen LogP contribution in [0.4, 0.5) is 5.13 Å². The Balaban J connectivity index is 2.10. The number of anilines is 1. The van der Waals surface area contributed by atoms with Gasteiger partial charge in [-0.25, -0.2) is 9.69 Å². The van der Waals surface area contributed by atoms with Crippen molar-refractivity contribution in [1.29, 1.82) is 0 Å². The van der Waals surface area contributed by atoms with E-state index in [0.29, 0.717) is 5.01 Å². The van der Waals surface area contributed by atoms with Gasteiger partial charge >= 0.3 is 5.97 Å². The Kier molecular flexibility index (Phi) is 2.61. The number of aromatic carboxylic acids is 1. The molecule has 1 aliphatic heterocycles. The minimum Gasteiger partial charge on any atom is -0.478 e. The van der Waals surface area contributed by atoms with Crippen LogP contribution in [0.25, 0.3) is 0 Å². The molecule has 2 heterocycles. The fourth-order valence-corrected chi connectivity index (χ4v) is 2.61. The molecule has 0 spiro atoms. The maximum atomic E-state index is 12.2. The van der Waals surface area contributed by atoms with E-state index in [1.165, 1.54) is 18.2 Å². The number of hydrogen-bond donors (Lipinski definition) is 1. The first kappa shape index (κ1) is 12.4. The fraction of sp³-hybridized carbons (Fsp3) is 0.0833. The van der Waals surface area contributed by atoms with E-state index >= 15 is 0 Å². The molecule has 0 aliphatic carbocycles. The molecule has 0 fully saturated rings. The molecule has 2 aromatic rings. The topological polar surface area (TPSA) is 100 Å². The van der Waals surface area contributed by atoms with Crippen LogP contribution >= 0.6 is 11.3 Å². The zero-order valence-electron chi connectivity index (χ0n) is 10.2. The summed E-state index contributed by atoms with van der Waals surface area (Å²) in [5.41, 5.74) is 0.204. The van der Waals surface area contributed by atoms with E-state index in [1.54, 1.807) is 6.92 Å². The third-order valence-corrected chi connectivity index (χ3v) is 3.66. The minimum absolute atomic E-state index is 0.0415. The van der Waals surface area contributed by atoms with Gasteiger partial charge in [-0.1, -0.05) is 11.3 Å². The molecule has 1 N–H and O–H groups in total. The lowest BCUT2D eigenvalue weighted by Gasteiger charge is -2.07. The average molecular weight is 289 g/mol. The predicted octanol–water partition coefficient (Wildman–Crippen LogP) is 1.35. The molecule has 2 amide bonds. The Morgan fingerprint density at radius 3 is 2.50 bits per heavy atom. The van der Waals surface area contributed by atoms with Crippen LogP contribution in [0.5, 0.6) is 0 Å². The number of carbonyl (C=O) groups is 3. The minimum atomic E-state index is -1.15. The van der Waals surface area contributed by atoms with Crippen molar-refractivity contribution < 1.29 is 19.5 Å². The molecule has 7 nitrogen and oxygen atoms in total. The van der Waals surface area contributed by atoms with Gasteiger partial charge in [0.15, 0.2) is 0 Å². The number of aryl methyl sites for hydroxylation is 1. The number of fused-ring (bicyclic) bond motifs is 1. The second kappa shape index (κ2) is 4.20. The molecular weight excluding hydrogens is 282 g/mol. The summed E-state index contributed by atoms with van der Waals surface area (Å²) in [7, 11) is 0. The Hall–Kier alpha value is -2.61. The van der Waals surface area contributed by atoms with Gasteiger partial charge in [-0.3, -0.25) is 9.59 Å². The molecular formula is C12H7N3O4S. The Morgan fingerprint density at radius 1 is 1.20 bits per heavy atom. The van der Waals surface area contributed by atoms with Crippen molar-refractivity contribution in [1.82, 2.24) is 10.2 Å². The number of amides is 2. The number of hydrogen-bond acceptors (Lipinski definition) is 6. The summed E-state index contributed by atoms with van der Waals surface area (Å²) in [6.07, 6.45) is 0. The van der Waals surface area contributed by atoms with Crippen molar-refractivity contribution in [3.63, 3.8) is 0 Å². The van der Waals surface area contributed by atoms with Gasteiger partial charge < -0.3 is 5.11 Å². The quantitative estimate of drug-likeness (QED) is 0.837. The Morgan fingerprint density at radius 2 is 1.90 bits per heavy atom. The number of rotatable bonds is 2. The third kappa shape index (κ3) is 1.69. The first-order valence-electron chi connectivity index (χ1n) is 5.55. The second-order valence-electron chi connectivity index (χ2n) is 4.11. The Labute approximate surface area is 116 Å². The molecule has 8 heteroatoms. The van der Waals surface area contributed by atoms with Gasteiger partial charge in [0.1, 0.15) is 5.01 Å². The number of benzene rings is 1.